The maximum Gasteiger partial charge on any atom is 0.133 e. The topological polar surface area (TPSA) is 45.6 Å². The van der Waals surface area contributed by atoms with Crippen molar-refractivity contribution in [3.05, 3.63) is 0 Å². The molecule has 0 spiro atoms. The maximum absolute atomic E-state index is 5.33. The largest absolute Gasteiger partial charge is 0.393 e. The van der Waals surface area contributed by atoms with E-state index in [0.717, 1.165) is 25.3 Å². The van der Waals surface area contributed by atoms with Gasteiger partial charge in [0.1, 0.15) is 12.3 Å². The molecule has 0 radical (unpaired) electrons. The summed E-state index contributed by atoms with van der Waals surface area (Å²) in [6, 6.07) is 0.348. The van der Waals surface area contributed by atoms with Gasteiger partial charge in [0.2, 0.25) is 0 Å². The number of nitrogens with zero attached hydrogens (tertiary/aromatic N) is 1. The lowest BCUT2D eigenvalue weighted by Crippen LogP contribution is -2.50. The van der Waals surface area contributed by atoms with Crippen molar-refractivity contribution in [1.29, 1.82) is 0 Å². The van der Waals surface area contributed by atoms with Gasteiger partial charge < -0.3 is 15.5 Å². The van der Waals surface area contributed by atoms with E-state index < -0.39 is 0 Å². The van der Waals surface area contributed by atoms with Crippen LogP contribution in [0, 0.1) is 17.8 Å². The van der Waals surface area contributed by atoms with E-state index in [0.29, 0.717) is 18.6 Å². The van der Waals surface area contributed by atoms with Gasteiger partial charge in [0.05, 0.1) is 6.04 Å². The Balaban J connectivity index is 2.34. The molecule has 1 aliphatic rings. The molecular weight excluding hydrogens is 202 g/mol. The van der Waals surface area contributed by atoms with Crippen molar-refractivity contribution in [2.75, 3.05) is 26.2 Å². The molecule has 0 saturated carbocycles. The normalized spacial score (nSPS) is 21.5. The van der Waals surface area contributed by atoms with E-state index in [1.807, 2.05) is 6.92 Å². The van der Waals surface area contributed by atoms with Crippen LogP contribution < -0.4 is 10.6 Å². The summed E-state index contributed by atoms with van der Waals surface area (Å²) in [5.74, 6) is 6.12. The molecule has 1 unspecified atom stereocenters. The highest BCUT2D eigenvalue weighted by Crippen LogP contribution is 1.98. The molecule has 1 atom stereocenters. The lowest BCUT2D eigenvalue weighted by atomic mass is 10.1. The summed E-state index contributed by atoms with van der Waals surface area (Å²) in [6.07, 6.45) is 0. The Labute approximate surface area is 97.8 Å². The van der Waals surface area contributed by atoms with Crippen molar-refractivity contribution in [3.8, 4) is 11.8 Å². The summed E-state index contributed by atoms with van der Waals surface area (Å²) in [4.78, 5) is 5.33. The van der Waals surface area contributed by atoms with Crippen LogP contribution in [0.15, 0.2) is 5.16 Å². The fraction of sp³-hybridized carbons (Fsp3) is 0.750. The Bertz CT molecular complexity index is 282. The van der Waals surface area contributed by atoms with Crippen molar-refractivity contribution in [2.24, 2.45) is 11.1 Å². The predicted molar refractivity (Wildman–Crippen MR) is 66.3 cm³/mol. The van der Waals surface area contributed by atoms with Gasteiger partial charge in [0.25, 0.3) is 0 Å². The molecule has 1 aliphatic heterocycles. The van der Waals surface area contributed by atoms with Crippen LogP contribution in [0.25, 0.3) is 0 Å². The van der Waals surface area contributed by atoms with Crippen LogP contribution in [0.2, 0.25) is 0 Å². The molecule has 2 N–H and O–H groups in total. The number of hydrogen-bond donors (Lipinski definition) is 2. The lowest BCUT2D eigenvalue weighted by Gasteiger charge is -2.23. The molecule has 1 rings (SSSR count). The molecule has 1 heterocycles. The maximum atomic E-state index is 5.33. The van der Waals surface area contributed by atoms with Crippen LogP contribution in [0.4, 0.5) is 0 Å². The van der Waals surface area contributed by atoms with E-state index in [1.165, 1.54) is 0 Å². The zero-order valence-corrected chi connectivity index (χ0v) is 10.3. The molecule has 90 valence electrons. The summed E-state index contributed by atoms with van der Waals surface area (Å²) >= 11 is 0. The Morgan fingerprint density at radius 3 is 2.88 bits per heavy atom. The molecular formula is C12H21N3O. The molecule has 0 aromatic carbocycles. The van der Waals surface area contributed by atoms with Crippen LogP contribution in [0.3, 0.4) is 0 Å². The molecule has 1 saturated heterocycles. The lowest BCUT2D eigenvalue weighted by molar-refractivity contribution is 0.114. The van der Waals surface area contributed by atoms with Crippen LogP contribution in [0.5, 0.6) is 0 Å². The first-order valence-electron chi connectivity index (χ1n) is 5.80. The average Bonchev–Trinajstić information content (AvgIpc) is 2.29. The highest BCUT2D eigenvalue weighted by atomic mass is 16.6. The SMILES string of the molecule is CC#C/C(=N\OCC1CNCCN1)C(C)C. The molecule has 0 aromatic rings. The fourth-order valence-corrected chi connectivity index (χ4v) is 1.43. The van der Waals surface area contributed by atoms with Crippen molar-refractivity contribution in [2.45, 2.75) is 26.8 Å². The minimum absolute atomic E-state index is 0.310. The molecule has 16 heavy (non-hydrogen) atoms. The molecule has 0 aromatic heterocycles. The van der Waals surface area contributed by atoms with Gasteiger partial charge in [-0.25, -0.2) is 0 Å². The smallest absolute Gasteiger partial charge is 0.133 e. The van der Waals surface area contributed by atoms with Crippen LogP contribution in [-0.4, -0.2) is 38.0 Å². The van der Waals surface area contributed by atoms with Crippen LogP contribution in [-0.2, 0) is 4.84 Å². The molecule has 4 nitrogen and oxygen atoms in total. The fourth-order valence-electron chi connectivity index (χ4n) is 1.43. The Hall–Kier alpha value is -1.05. The second-order valence-electron chi connectivity index (χ2n) is 4.16. The van der Waals surface area contributed by atoms with E-state index >= 15 is 0 Å². The van der Waals surface area contributed by atoms with Crippen molar-refractivity contribution >= 4 is 5.71 Å². The molecule has 1 fully saturated rings. The van der Waals surface area contributed by atoms with Crippen molar-refractivity contribution in [1.82, 2.24) is 10.6 Å². The van der Waals surface area contributed by atoms with E-state index in [4.69, 9.17) is 4.84 Å². The quantitative estimate of drug-likeness (QED) is 0.417. The Morgan fingerprint density at radius 1 is 1.50 bits per heavy atom. The second kappa shape index (κ2) is 7.26. The summed E-state index contributed by atoms with van der Waals surface area (Å²) in [7, 11) is 0. The Morgan fingerprint density at radius 2 is 2.31 bits per heavy atom. The van der Waals surface area contributed by atoms with E-state index in [-0.39, 0.29) is 0 Å². The third-order valence-corrected chi connectivity index (χ3v) is 2.36. The molecule has 4 heteroatoms. The van der Waals surface area contributed by atoms with Crippen LogP contribution >= 0.6 is 0 Å². The van der Waals surface area contributed by atoms with Crippen molar-refractivity contribution < 1.29 is 4.84 Å². The number of nitrogens with one attached hydrogen (secondary N) is 2. The summed E-state index contributed by atoms with van der Waals surface area (Å²) in [5, 5.41) is 10.7. The van der Waals surface area contributed by atoms with Gasteiger partial charge in [-0.2, -0.15) is 0 Å². The second-order valence-corrected chi connectivity index (χ2v) is 4.16. The zero-order chi connectivity index (χ0) is 11.8. The van der Waals surface area contributed by atoms with Gasteiger partial charge in [-0.05, 0) is 12.8 Å². The molecule has 0 bridgehead atoms. The average molecular weight is 223 g/mol. The summed E-state index contributed by atoms with van der Waals surface area (Å²) < 4.78 is 0. The number of piperazine rings is 1. The first-order chi connectivity index (χ1) is 7.74. The number of oxime groups is 1. The molecule has 0 aliphatic carbocycles. The predicted octanol–water partition coefficient (Wildman–Crippen LogP) is 0.600. The zero-order valence-electron chi connectivity index (χ0n) is 10.3. The van der Waals surface area contributed by atoms with E-state index in [9.17, 15) is 0 Å². The Kier molecular flexibility index (Phi) is 5.91. The summed E-state index contributed by atoms with van der Waals surface area (Å²) in [5.41, 5.74) is 0.811. The highest BCUT2D eigenvalue weighted by molar-refractivity contribution is 6.01. The van der Waals surface area contributed by atoms with Gasteiger partial charge in [-0.1, -0.05) is 24.9 Å². The van der Waals surface area contributed by atoms with Gasteiger partial charge in [0.15, 0.2) is 0 Å². The minimum Gasteiger partial charge on any atom is -0.393 e. The molecule has 0 amide bonds. The van der Waals surface area contributed by atoms with Crippen LogP contribution in [0.1, 0.15) is 20.8 Å². The van der Waals surface area contributed by atoms with Gasteiger partial charge in [-0.3, -0.25) is 0 Å². The number of rotatable bonds is 4. The standard InChI is InChI=1S/C12H21N3O/c1-4-5-12(10(2)3)15-16-9-11-8-13-6-7-14-11/h10-11,13-14H,6-9H2,1-3H3/b15-12+. The third kappa shape index (κ3) is 4.65. The van der Waals surface area contributed by atoms with Gasteiger partial charge in [-0.15, -0.1) is 0 Å². The van der Waals surface area contributed by atoms with E-state index in [1.54, 1.807) is 0 Å². The van der Waals surface area contributed by atoms with E-state index in [2.05, 4.69) is 41.5 Å². The first-order valence-corrected chi connectivity index (χ1v) is 5.80. The monoisotopic (exact) mass is 223 g/mol. The number of hydrogen-bond acceptors (Lipinski definition) is 4. The highest BCUT2D eigenvalue weighted by Gasteiger charge is 2.12. The summed E-state index contributed by atoms with van der Waals surface area (Å²) in [6.45, 7) is 9.48. The van der Waals surface area contributed by atoms with Crippen molar-refractivity contribution in [3.63, 3.8) is 0 Å². The minimum atomic E-state index is 0.310. The van der Waals surface area contributed by atoms with Gasteiger partial charge >= 0.3 is 0 Å². The third-order valence-electron chi connectivity index (χ3n) is 2.36. The first kappa shape index (κ1) is 13.0. The van der Waals surface area contributed by atoms with Gasteiger partial charge in [0, 0.05) is 25.6 Å².